The molecule has 0 radical (unpaired) electrons. The summed E-state index contributed by atoms with van der Waals surface area (Å²) in [5.41, 5.74) is 8.49. The van der Waals surface area contributed by atoms with Gasteiger partial charge in [-0.2, -0.15) is 0 Å². The van der Waals surface area contributed by atoms with Crippen LogP contribution in [0.25, 0.3) is 0 Å². The molecule has 1 atom stereocenters. The van der Waals surface area contributed by atoms with Gasteiger partial charge in [-0.3, -0.25) is 0 Å². The van der Waals surface area contributed by atoms with Gasteiger partial charge in [0.1, 0.15) is 0 Å². The highest BCUT2D eigenvalue weighted by molar-refractivity contribution is 5.24. The first-order chi connectivity index (χ1) is 8.65. The molecule has 3 heteroatoms. The molecule has 1 aromatic rings. The maximum Gasteiger partial charge on any atom is 0.0266 e. The van der Waals surface area contributed by atoms with E-state index in [0.717, 1.165) is 6.42 Å². The van der Waals surface area contributed by atoms with Crippen molar-refractivity contribution in [3.8, 4) is 0 Å². The standard InChI is InChI=1S/C15H25N3/c1-13(16)15-5-3-14(4-6-15)7-8-18-11-9-17(2)10-12-18/h3-6,13H,7-12,16H2,1-2H3. The van der Waals surface area contributed by atoms with Crippen LogP contribution in [0.2, 0.25) is 0 Å². The van der Waals surface area contributed by atoms with Crippen LogP contribution in [0.5, 0.6) is 0 Å². The molecule has 0 amide bonds. The SMILES string of the molecule is CC(N)c1ccc(CCN2CCN(C)CC2)cc1. The van der Waals surface area contributed by atoms with Crippen molar-refractivity contribution >= 4 is 0 Å². The van der Waals surface area contributed by atoms with E-state index in [1.165, 1.54) is 43.9 Å². The molecule has 3 nitrogen and oxygen atoms in total. The summed E-state index contributed by atoms with van der Waals surface area (Å²) in [6.45, 7) is 8.00. The van der Waals surface area contributed by atoms with Crippen LogP contribution in [-0.2, 0) is 6.42 Å². The molecule has 0 spiro atoms. The molecule has 18 heavy (non-hydrogen) atoms. The van der Waals surface area contributed by atoms with E-state index in [1.54, 1.807) is 0 Å². The second-order valence-electron chi connectivity index (χ2n) is 5.43. The summed E-state index contributed by atoms with van der Waals surface area (Å²) >= 11 is 0. The highest BCUT2D eigenvalue weighted by Gasteiger charge is 2.13. The first-order valence-corrected chi connectivity index (χ1v) is 6.90. The first kappa shape index (κ1) is 13.5. The predicted octanol–water partition coefficient (Wildman–Crippen LogP) is 1.50. The van der Waals surface area contributed by atoms with Gasteiger partial charge in [0.25, 0.3) is 0 Å². The summed E-state index contributed by atoms with van der Waals surface area (Å²) < 4.78 is 0. The maximum absolute atomic E-state index is 5.85. The fourth-order valence-corrected chi connectivity index (χ4v) is 2.35. The number of nitrogens with zero attached hydrogens (tertiary/aromatic N) is 2. The Morgan fingerprint density at radius 2 is 1.72 bits per heavy atom. The quantitative estimate of drug-likeness (QED) is 0.875. The van der Waals surface area contributed by atoms with Gasteiger partial charge in [-0.1, -0.05) is 24.3 Å². The van der Waals surface area contributed by atoms with Crippen molar-refractivity contribution in [3.05, 3.63) is 35.4 Å². The van der Waals surface area contributed by atoms with Gasteiger partial charge in [0.2, 0.25) is 0 Å². The topological polar surface area (TPSA) is 32.5 Å². The normalized spacial score (nSPS) is 19.9. The molecule has 1 heterocycles. The van der Waals surface area contributed by atoms with Crippen LogP contribution in [0.15, 0.2) is 24.3 Å². The zero-order valence-corrected chi connectivity index (χ0v) is 11.6. The second kappa shape index (κ2) is 6.32. The van der Waals surface area contributed by atoms with Crippen molar-refractivity contribution in [1.29, 1.82) is 0 Å². The van der Waals surface area contributed by atoms with E-state index in [2.05, 4.69) is 41.1 Å². The Morgan fingerprint density at radius 1 is 1.11 bits per heavy atom. The van der Waals surface area contributed by atoms with E-state index in [1.807, 2.05) is 6.92 Å². The van der Waals surface area contributed by atoms with Crippen LogP contribution in [0.1, 0.15) is 24.1 Å². The average molecular weight is 247 g/mol. The van der Waals surface area contributed by atoms with Crippen molar-refractivity contribution in [1.82, 2.24) is 9.80 Å². The smallest absolute Gasteiger partial charge is 0.0266 e. The summed E-state index contributed by atoms with van der Waals surface area (Å²) in [5, 5.41) is 0. The summed E-state index contributed by atoms with van der Waals surface area (Å²) in [6, 6.07) is 8.88. The third kappa shape index (κ3) is 3.80. The fraction of sp³-hybridized carbons (Fsp3) is 0.600. The lowest BCUT2D eigenvalue weighted by Crippen LogP contribution is -2.45. The minimum absolute atomic E-state index is 0.136. The number of hydrogen-bond donors (Lipinski definition) is 1. The van der Waals surface area contributed by atoms with Gasteiger partial charge in [0, 0.05) is 38.8 Å². The average Bonchev–Trinajstić information content (AvgIpc) is 2.38. The molecule has 0 aliphatic carbocycles. The Bertz CT molecular complexity index is 351. The summed E-state index contributed by atoms with van der Waals surface area (Å²) in [6.07, 6.45) is 1.14. The van der Waals surface area contributed by atoms with E-state index in [0.29, 0.717) is 0 Å². The molecule has 0 aromatic heterocycles. The highest BCUT2D eigenvalue weighted by Crippen LogP contribution is 2.11. The second-order valence-corrected chi connectivity index (χ2v) is 5.43. The third-order valence-corrected chi connectivity index (χ3v) is 3.82. The number of nitrogens with two attached hydrogens (primary N) is 1. The molecule has 0 saturated carbocycles. The Morgan fingerprint density at radius 3 is 2.28 bits per heavy atom. The van der Waals surface area contributed by atoms with Crippen molar-refractivity contribution < 1.29 is 0 Å². The Hall–Kier alpha value is -0.900. The molecule has 1 aromatic carbocycles. The zero-order valence-electron chi connectivity index (χ0n) is 11.6. The van der Waals surface area contributed by atoms with Crippen LogP contribution in [0, 0.1) is 0 Å². The summed E-state index contributed by atoms with van der Waals surface area (Å²) in [4.78, 5) is 4.95. The summed E-state index contributed by atoms with van der Waals surface area (Å²) in [5.74, 6) is 0. The zero-order chi connectivity index (χ0) is 13.0. The lowest BCUT2D eigenvalue weighted by atomic mass is 10.0. The Kier molecular flexibility index (Phi) is 4.75. The van der Waals surface area contributed by atoms with E-state index >= 15 is 0 Å². The Labute approximate surface area is 111 Å². The third-order valence-electron chi connectivity index (χ3n) is 3.82. The molecular formula is C15H25N3. The largest absolute Gasteiger partial charge is 0.324 e. The highest BCUT2D eigenvalue weighted by atomic mass is 15.2. The monoisotopic (exact) mass is 247 g/mol. The van der Waals surface area contributed by atoms with Crippen molar-refractivity contribution in [2.24, 2.45) is 5.73 Å². The number of piperazine rings is 1. The van der Waals surface area contributed by atoms with Gasteiger partial charge in [-0.15, -0.1) is 0 Å². The van der Waals surface area contributed by atoms with E-state index < -0.39 is 0 Å². The van der Waals surface area contributed by atoms with Crippen LogP contribution in [0.3, 0.4) is 0 Å². The molecule has 0 bridgehead atoms. The van der Waals surface area contributed by atoms with Gasteiger partial charge in [-0.25, -0.2) is 0 Å². The van der Waals surface area contributed by atoms with Crippen LogP contribution >= 0.6 is 0 Å². The first-order valence-electron chi connectivity index (χ1n) is 6.90. The van der Waals surface area contributed by atoms with Crippen LogP contribution < -0.4 is 5.73 Å². The molecular weight excluding hydrogens is 222 g/mol. The molecule has 100 valence electrons. The lowest BCUT2D eigenvalue weighted by Gasteiger charge is -2.32. The number of likely N-dealkylation sites (N-methyl/N-ethyl adjacent to an activating group) is 1. The van der Waals surface area contributed by atoms with Crippen LogP contribution in [0.4, 0.5) is 0 Å². The molecule has 2 N–H and O–H groups in total. The Balaban J connectivity index is 1.79. The van der Waals surface area contributed by atoms with Gasteiger partial charge in [0.05, 0.1) is 0 Å². The lowest BCUT2D eigenvalue weighted by molar-refractivity contribution is 0.155. The molecule has 2 rings (SSSR count). The van der Waals surface area contributed by atoms with Gasteiger partial charge in [0.15, 0.2) is 0 Å². The minimum Gasteiger partial charge on any atom is -0.324 e. The van der Waals surface area contributed by atoms with E-state index in [4.69, 9.17) is 5.73 Å². The van der Waals surface area contributed by atoms with Gasteiger partial charge >= 0.3 is 0 Å². The summed E-state index contributed by atoms with van der Waals surface area (Å²) in [7, 11) is 2.20. The molecule has 1 fully saturated rings. The fourth-order valence-electron chi connectivity index (χ4n) is 2.35. The van der Waals surface area contributed by atoms with Gasteiger partial charge in [-0.05, 0) is 31.5 Å². The van der Waals surface area contributed by atoms with Crippen LogP contribution in [-0.4, -0.2) is 49.6 Å². The van der Waals surface area contributed by atoms with E-state index in [9.17, 15) is 0 Å². The van der Waals surface area contributed by atoms with E-state index in [-0.39, 0.29) is 6.04 Å². The molecule has 1 unspecified atom stereocenters. The van der Waals surface area contributed by atoms with Crippen molar-refractivity contribution in [2.75, 3.05) is 39.8 Å². The van der Waals surface area contributed by atoms with Gasteiger partial charge < -0.3 is 15.5 Å². The molecule has 1 aliphatic rings. The maximum atomic E-state index is 5.85. The molecule has 1 saturated heterocycles. The van der Waals surface area contributed by atoms with Crippen molar-refractivity contribution in [2.45, 2.75) is 19.4 Å². The predicted molar refractivity (Wildman–Crippen MR) is 76.7 cm³/mol. The minimum atomic E-state index is 0.136. The molecule has 1 aliphatic heterocycles. The number of rotatable bonds is 4. The van der Waals surface area contributed by atoms with Crippen molar-refractivity contribution in [3.63, 3.8) is 0 Å². The number of benzene rings is 1. The number of hydrogen-bond acceptors (Lipinski definition) is 3.